The molecule has 1 unspecified atom stereocenters. The van der Waals surface area contributed by atoms with Crippen LogP contribution in [0.25, 0.3) is 0 Å². The molecule has 0 heterocycles. The summed E-state index contributed by atoms with van der Waals surface area (Å²) in [6.45, 7) is 11.5. The van der Waals surface area contributed by atoms with E-state index in [1.54, 1.807) is 13.0 Å². The monoisotopic (exact) mass is 291 g/mol. The number of carbonyl (C=O) groups excluding carboxylic acids is 1. The first-order valence-corrected chi connectivity index (χ1v) is 7.20. The van der Waals surface area contributed by atoms with Crippen molar-refractivity contribution in [1.29, 1.82) is 0 Å². The summed E-state index contributed by atoms with van der Waals surface area (Å²) in [5.41, 5.74) is 3.01. The van der Waals surface area contributed by atoms with Crippen LogP contribution in [0.4, 0.5) is 0 Å². The molecule has 1 atom stereocenters. The van der Waals surface area contributed by atoms with Crippen LogP contribution in [-0.2, 0) is 9.53 Å². The van der Waals surface area contributed by atoms with Gasteiger partial charge in [-0.05, 0) is 47.2 Å². The highest BCUT2D eigenvalue weighted by Gasteiger charge is 2.12. The van der Waals surface area contributed by atoms with E-state index in [9.17, 15) is 4.79 Å². The molecular formula is C18H29NO2. The number of hydrogen-bond acceptors (Lipinski definition) is 3. The lowest BCUT2D eigenvalue weighted by Gasteiger charge is -2.22. The van der Waals surface area contributed by atoms with E-state index in [4.69, 9.17) is 4.74 Å². The SMILES string of the molecule is C=CC(=C)CC/C=C(/C)CC(/C=C(\C)C(=O)OC)N(C)C. The van der Waals surface area contributed by atoms with Crippen molar-refractivity contribution in [2.75, 3.05) is 21.2 Å². The van der Waals surface area contributed by atoms with Gasteiger partial charge in [0, 0.05) is 11.6 Å². The molecule has 0 saturated heterocycles. The van der Waals surface area contributed by atoms with Crippen LogP contribution in [0.1, 0.15) is 33.1 Å². The zero-order valence-electron chi connectivity index (χ0n) is 14.1. The first-order chi connectivity index (χ1) is 9.81. The Kier molecular flexibility index (Phi) is 9.39. The van der Waals surface area contributed by atoms with E-state index in [1.807, 2.05) is 20.2 Å². The maximum absolute atomic E-state index is 11.5. The average molecular weight is 291 g/mol. The van der Waals surface area contributed by atoms with E-state index in [1.165, 1.54) is 12.7 Å². The molecule has 0 aromatic carbocycles. The van der Waals surface area contributed by atoms with Crippen molar-refractivity contribution in [3.63, 3.8) is 0 Å². The summed E-state index contributed by atoms with van der Waals surface area (Å²) in [7, 11) is 5.43. The molecule has 0 aliphatic rings. The molecule has 118 valence electrons. The van der Waals surface area contributed by atoms with Crippen molar-refractivity contribution >= 4 is 5.97 Å². The number of rotatable bonds is 9. The van der Waals surface area contributed by atoms with Gasteiger partial charge in [0.1, 0.15) is 0 Å². The molecule has 0 bridgehead atoms. The summed E-state index contributed by atoms with van der Waals surface area (Å²) in [4.78, 5) is 13.6. The Morgan fingerprint density at radius 2 is 1.95 bits per heavy atom. The zero-order valence-corrected chi connectivity index (χ0v) is 14.1. The van der Waals surface area contributed by atoms with E-state index < -0.39 is 0 Å². The third-order valence-corrected chi connectivity index (χ3v) is 3.39. The van der Waals surface area contributed by atoms with Gasteiger partial charge in [0.15, 0.2) is 0 Å². The van der Waals surface area contributed by atoms with E-state index in [2.05, 4.69) is 31.1 Å². The Bertz CT molecular complexity index is 430. The summed E-state index contributed by atoms with van der Waals surface area (Å²) in [5.74, 6) is -0.272. The molecule has 0 radical (unpaired) electrons. The summed E-state index contributed by atoms with van der Waals surface area (Å²) in [6.07, 6.45) is 8.79. The van der Waals surface area contributed by atoms with Gasteiger partial charge in [-0.3, -0.25) is 0 Å². The van der Waals surface area contributed by atoms with Crippen LogP contribution in [0.2, 0.25) is 0 Å². The molecule has 3 nitrogen and oxygen atoms in total. The lowest BCUT2D eigenvalue weighted by molar-refractivity contribution is -0.136. The first-order valence-electron chi connectivity index (χ1n) is 7.20. The smallest absolute Gasteiger partial charge is 0.333 e. The Balaban J connectivity index is 4.70. The van der Waals surface area contributed by atoms with Gasteiger partial charge in [-0.15, -0.1) is 0 Å². The van der Waals surface area contributed by atoms with Crippen LogP contribution in [0, 0.1) is 0 Å². The Hall–Kier alpha value is -1.61. The molecular weight excluding hydrogens is 262 g/mol. The van der Waals surface area contributed by atoms with Crippen LogP contribution in [0.15, 0.2) is 48.1 Å². The van der Waals surface area contributed by atoms with Crippen molar-refractivity contribution in [3.05, 3.63) is 48.1 Å². The normalized spacial score (nSPS) is 14.0. The van der Waals surface area contributed by atoms with Gasteiger partial charge in [-0.2, -0.15) is 0 Å². The van der Waals surface area contributed by atoms with E-state index >= 15 is 0 Å². The summed E-state index contributed by atoms with van der Waals surface area (Å²) in [5, 5.41) is 0. The van der Waals surface area contributed by atoms with Gasteiger partial charge in [-0.1, -0.05) is 42.5 Å². The highest BCUT2D eigenvalue weighted by atomic mass is 16.5. The Morgan fingerprint density at radius 1 is 1.33 bits per heavy atom. The van der Waals surface area contributed by atoms with Crippen molar-refractivity contribution < 1.29 is 9.53 Å². The van der Waals surface area contributed by atoms with Crippen LogP contribution in [-0.4, -0.2) is 38.1 Å². The topological polar surface area (TPSA) is 29.5 Å². The predicted molar refractivity (Wildman–Crippen MR) is 90.2 cm³/mol. The average Bonchev–Trinajstić information content (AvgIpc) is 2.44. The number of hydrogen-bond donors (Lipinski definition) is 0. The fraction of sp³-hybridized carbons (Fsp3) is 0.500. The highest BCUT2D eigenvalue weighted by molar-refractivity contribution is 5.87. The summed E-state index contributed by atoms with van der Waals surface area (Å²) < 4.78 is 4.74. The zero-order chi connectivity index (χ0) is 16.4. The van der Waals surface area contributed by atoms with Crippen LogP contribution in [0.3, 0.4) is 0 Å². The number of methoxy groups -OCH3 is 1. The second kappa shape index (κ2) is 10.2. The maximum Gasteiger partial charge on any atom is 0.333 e. The molecule has 0 aliphatic heterocycles. The standard InChI is InChI=1S/C18H29NO2/c1-8-14(2)10-9-11-15(3)12-17(19(5)6)13-16(4)18(20)21-7/h8,11,13,17H,1-2,9-10,12H2,3-7H3/b15-11-,16-13+. The minimum atomic E-state index is -0.272. The van der Waals surface area contributed by atoms with Gasteiger partial charge in [0.25, 0.3) is 0 Å². The van der Waals surface area contributed by atoms with Gasteiger partial charge in [0.05, 0.1) is 7.11 Å². The lowest BCUT2D eigenvalue weighted by atomic mass is 10.0. The van der Waals surface area contributed by atoms with Gasteiger partial charge in [0.2, 0.25) is 0 Å². The van der Waals surface area contributed by atoms with Crippen LogP contribution in [0.5, 0.6) is 0 Å². The number of carbonyl (C=O) groups is 1. The Morgan fingerprint density at radius 3 is 2.43 bits per heavy atom. The summed E-state index contributed by atoms with van der Waals surface area (Å²) in [6, 6.07) is 0.183. The van der Waals surface area contributed by atoms with Crippen LogP contribution < -0.4 is 0 Å². The molecule has 0 aromatic heterocycles. The molecule has 3 heteroatoms. The number of esters is 1. The molecule has 0 aliphatic carbocycles. The molecule has 0 amide bonds. The second-order valence-corrected chi connectivity index (χ2v) is 5.53. The molecule has 21 heavy (non-hydrogen) atoms. The minimum absolute atomic E-state index is 0.183. The van der Waals surface area contributed by atoms with Crippen LogP contribution >= 0.6 is 0 Å². The number of nitrogens with zero attached hydrogens (tertiary/aromatic N) is 1. The number of likely N-dealkylation sites (N-methyl/N-ethyl adjacent to an activating group) is 1. The third-order valence-electron chi connectivity index (χ3n) is 3.39. The number of allylic oxidation sites excluding steroid dienone is 3. The molecule has 0 N–H and O–H groups in total. The third kappa shape index (κ3) is 8.30. The fourth-order valence-corrected chi connectivity index (χ4v) is 1.93. The van der Waals surface area contributed by atoms with Gasteiger partial charge < -0.3 is 9.64 Å². The van der Waals surface area contributed by atoms with Crippen molar-refractivity contribution in [2.24, 2.45) is 0 Å². The fourth-order valence-electron chi connectivity index (χ4n) is 1.93. The molecule has 0 aromatic rings. The van der Waals surface area contributed by atoms with Crippen molar-refractivity contribution in [3.8, 4) is 0 Å². The van der Waals surface area contributed by atoms with E-state index in [-0.39, 0.29) is 12.0 Å². The first kappa shape index (κ1) is 19.4. The van der Waals surface area contributed by atoms with Gasteiger partial charge in [-0.25, -0.2) is 4.79 Å². The maximum atomic E-state index is 11.5. The Labute approximate surface area is 129 Å². The number of ether oxygens (including phenoxy) is 1. The largest absolute Gasteiger partial charge is 0.466 e. The van der Waals surface area contributed by atoms with Crippen molar-refractivity contribution in [1.82, 2.24) is 4.90 Å². The summed E-state index contributed by atoms with van der Waals surface area (Å²) >= 11 is 0. The molecule has 0 saturated carbocycles. The quantitative estimate of drug-likeness (QED) is 0.279. The molecule has 0 spiro atoms. The molecule has 0 rings (SSSR count). The molecule has 0 fully saturated rings. The minimum Gasteiger partial charge on any atom is -0.466 e. The van der Waals surface area contributed by atoms with Gasteiger partial charge >= 0.3 is 5.97 Å². The van der Waals surface area contributed by atoms with E-state index in [0.29, 0.717) is 5.57 Å². The van der Waals surface area contributed by atoms with Crippen molar-refractivity contribution in [2.45, 2.75) is 39.2 Å². The second-order valence-electron chi connectivity index (χ2n) is 5.53. The van der Waals surface area contributed by atoms with E-state index in [0.717, 1.165) is 24.8 Å². The highest BCUT2D eigenvalue weighted by Crippen LogP contribution is 2.15. The predicted octanol–water partition coefficient (Wildman–Crippen LogP) is 3.89. The lowest BCUT2D eigenvalue weighted by Crippen LogP contribution is -2.27.